The normalized spacial score (nSPS) is 18.0. The molecule has 0 aliphatic carbocycles. The minimum Gasteiger partial charge on any atom is -0.379 e. The Balaban J connectivity index is 1.61. The number of ether oxygens (including phenoxy) is 1. The molecular formula is C16H29N5OS. The van der Waals surface area contributed by atoms with E-state index in [1.807, 2.05) is 13.2 Å². The van der Waals surface area contributed by atoms with Crippen LogP contribution in [-0.2, 0) is 11.2 Å². The van der Waals surface area contributed by atoms with E-state index in [-0.39, 0.29) is 0 Å². The van der Waals surface area contributed by atoms with E-state index in [1.165, 1.54) is 9.88 Å². The van der Waals surface area contributed by atoms with Gasteiger partial charge in [-0.25, -0.2) is 4.98 Å². The van der Waals surface area contributed by atoms with Gasteiger partial charge in [0.25, 0.3) is 0 Å². The van der Waals surface area contributed by atoms with Crippen LogP contribution in [0.15, 0.2) is 11.2 Å². The average molecular weight is 340 g/mol. The number of morpholine rings is 1. The summed E-state index contributed by atoms with van der Waals surface area (Å²) >= 11 is 1.76. The van der Waals surface area contributed by atoms with Crippen LogP contribution in [0.25, 0.3) is 0 Å². The molecule has 2 rings (SSSR count). The van der Waals surface area contributed by atoms with Crippen molar-refractivity contribution in [3.05, 3.63) is 16.1 Å². The summed E-state index contributed by atoms with van der Waals surface area (Å²) in [6.45, 7) is 11.1. The molecule has 1 aromatic rings. The van der Waals surface area contributed by atoms with E-state index >= 15 is 0 Å². The maximum atomic E-state index is 5.39. The summed E-state index contributed by atoms with van der Waals surface area (Å²) in [6, 6.07) is 0. The maximum Gasteiger partial charge on any atom is 0.190 e. The molecule has 1 unspecified atom stereocenters. The van der Waals surface area contributed by atoms with Gasteiger partial charge < -0.3 is 15.4 Å². The first kappa shape index (κ1) is 18.2. The molecule has 2 N–H and O–H groups in total. The van der Waals surface area contributed by atoms with E-state index in [2.05, 4.69) is 39.4 Å². The predicted octanol–water partition coefficient (Wildman–Crippen LogP) is 1.13. The number of nitrogens with one attached hydrogen (secondary N) is 2. The number of aryl methyl sites for hydroxylation is 1. The van der Waals surface area contributed by atoms with Gasteiger partial charge in [-0.1, -0.05) is 6.92 Å². The SMILES string of the molecule is CN=C(NCCc1ncc(C)s1)NCC(C)CN1CCOCC1. The first-order valence-corrected chi connectivity index (χ1v) is 9.15. The van der Waals surface area contributed by atoms with Crippen molar-refractivity contribution in [2.24, 2.45) is 10.9 Å². The highest BCUT2D eigenvalue weighted by atomic mass is 32.1. The Hall–Kier alpha value is -1.18. The number of nitrogens with zero attached hydrogens (tertiary/aromatic N) is 3. The van der Waals surface area contributed by atoms with Crippen LogP contribution in [0.2, 0.25) is 0 Å². The predicted molar refractivity (Wildman–Crippen MR) is 96.3 cm³/mol. The third-order valence-corrected chi connectivity index (χ3v) is 4.79. The quantitative estimate of drug-likeness (QED) is 0.576. The molecule has 1 atom stereocenters. The Bertz CT molecular complexity index is 485. The van der Waals surface area contributed by atoms with Crippen molar-refractivity contribution in [3.8, 4) is 0 Å². The number of aliphatic imine (C=N–C) groups is 1. The standard InChI is InChI=1S/C16H29N5OS/c1-13(12-21-6-8-22-9-7-21)10-20-16(17-3)18-5-4-15-19-11-14(2)23-15/h11,13H,4-10,12H2,1-3H3,(H2,17,18,20). The third-order valence-electron chi connectivity index (χ3n) is 3.82. The molecule has 1 saturated heterocycles. The van der Waals surface area contributed by atoms with Crippen LogP contribution >= 0.6 is 11.3 Å². The van der Waals surface area contributed by atoms with Crippen LogP contribution in [0.3, 0.4) is 0 Å². The highest BCUT2D eigenvalue weighted by Gasteiger charge is 2.13. The van der Waals surface area contributed by atoms with Gasteiger partial charge >= 0.3 is 0 Å². The van der Waals surface area contributed by atoms with Gasteiger partial charge in [0.2, 0.25) is 0 Å². The first-order chi connectivity index (χ1) is 11.2. The number of thiazole rings is 1. The lowest BCUT2D eigenvalue weighted by Crippen LogP contribution is -2.44. The molecule has 1 aliphatic rings. The fourth-order valence-corrected chi connectivity index (χ4v) is 3.37. The molecule has 1 aliphatic heterocycles. The Morgan fingerprint density at radius 2 is 2.22 bits per heavy atom. The molecule has 23 heavy (non-hydrogen) atoms. The molecule has 0 saturated carbocycles. The number of aromatic nitrogens is 1. The fourth-order valence-electron chi connectivity index (χ4n) is 2.59. The number of rotatable bonds is 7. The Morgan fingerprint density at radius 1 is 1.43 bits per heavy atom. The average Bonchev–Trinajstić information content (AvgIpc) is 2.97. The second kappa shape index (κ2) is 9.85. The lowest BCUT2D eigenvalue weighted by Gasteiger charge is -2.29. The Kier molecular flexibility index (Phi) is 7.78. The van der Waals surface area contributed by atoms with Crippen molar-refractivity contribution in [2.45, 2.75) is 20.3 Å². The van der Waals surface area contributed by atoms with Gasteiger partial charge in [-0.05, 0) is 12.8 Å². The van der Waals surface area contributed by atoms with E-state index in [9.17, 15) is 0 Å². The van der Waals surface area contributed by atoms with Crippen molar-refractivity contribution in [1.82, 2.24) is 20.5 Å². The Labute approximate surface area is 143 Å². The topological polar surface area (TPSA) is 61.8 Å². The molecular weight excluding hydrogens is 310 g/mol. The third kappa shape index (κ3) is 6.85. The molecule has 130 valence electrons. The molecule has 0 amide bonds. The smallest absolute Gasteiger partial charge is 0.190 e. The van der Waals surface area contributed by atoms with Crippen molar-refractivity contribution in [3.63, 3.8) is 0 Å². The van der Waals surface area contributed by atoms with Crippen molar-refractivity contribution in [2.75, 3.05) is 53.0 Å². The summed E-state index contributed by atoms with van der Waals surface area (Å²) < 4.78 is 5.39. The molecule has 0 radical (unpaired) electrons. The molecule has 0 bridgehead atoms. The van der Waals surface area contributed by atoms with Gasteiger partial charge in [0.05, 0.1) is 18.2 Å². The fraction of sp³-hybridized carbons (Fsp3) is 0.750. The lowest BCUT2D eigenvalue weighted by atomic mass is 10.1. The zero-order valence-corrected chi connectivity index (χ0v) is 15.3. The van der Waals surface area contributed by atoms with Crippen LogP contribution in [0, 0.1) is 12.8 Å². The van der Waals surface area contributed by atoms with Gasteiger partial charge in [-0.15, -0.1) is 11.3 Å². The van der Waals surface area contributed by atoms with Crippen molar-refractivity contribution < 1.29 is 4.74 Å². The van der Waals surface area contributed by atoms with Gasteiger partial charge in [0, 0.05) is 57.3 Å². The molecule has 7 heteroatoms. The van der Waals surface area contributed by atoms with E-state index in [0.717, 1.165) is 58.3 Å². The molecule has 0 aromatic carbocycles. The minimum absolute atomic E-state index is 0.577. The number of guanidine groups is 1. The summed E-state index contributed by atoms with van der Waals surface area (Å²) in [5.74, 6) is 1.44. The number of hydrogen-bond acceptors (Lipinski definition) is 5. The van der Waals surface area contributed by atoms with Crippen LogP contribution < -0.4 is 10.6 Å². The van der Waals surface area contributed by atoms with E-state index in [4.69, 9.17) is 4.74 Å². The highest BCUT2D eigenvalue weighted by molar-refractivity contribution is 7.11. The van der Waals surface area contributed by atoms with Crippen LogP contribution in [-0.4, -0.2) is 68.8 Å². The summed E-state index contributed by atoms with van der Waals surface area (Å²) in [5.41, 5.74) is 0. The van der Waals surface area contributed by atoms with Gasteiger partial charge in [-0.2, -0.15) is 0 Å². The summed E-state index contributed by atoms with van der Waals surface area (Å²) in [4.78, 5) is 12.4. The minimum atomic E-state index is 0.577. The van der Waals surface area contributed by atoms with Gasteiger partial charge in [-0.3, -0.25) is 9.89 Å². The highest BCUT2D eigenvalue weighted by Crippen LogP contribution is 2.10. The second-order valence-corrected chi connectivity index (χ2v) is 7.33. The van der Waals surface area contributed by atoms with Gasteiger partial charge in [0.15, 0.2) is 5.96 Å². The van der Waals surface area contributed by atoms with E-state index < -0.39 is 0 Å². The van der Waals surface area contributed by atoms with Crippen LogP contribution in [0.5, 0.6) is 0 Å². The Morgan fingerprint density at radius 3 is 2.87 bits per heavy atom. The largest absolute Gasteiger partial charge is 0.379 e. The van der Waals surface area contributed by atoms with Gasteiger partial charge in [0.1, 0.15) is 0 Å². The summed E-state index contributed by atoms with van der Waals surface area (Å²) in [7, 11) is 1.81. The zero-order valence-electron chi connectivity index (χ0n) is 14.5. The van der Waals surface area contributed by atoms with Crippen molar-refractivity contribution in [1.29, 1.82) is 0 Å². The van der Waals surface area contributed by atoms with E-state index in [0.29, 0.717) is 5.92 Å². The monoisotopic (exact) mass is 339 g/mol. The molecule has 1 fully saturated rings. The van der Waals surface area contributed by atoms with E-state index in [1.54, 1.807) is 11.3 Å². The second-order valence-electron chi connectivity index (χ2n) is 6.01. The zero-order chi connectivity index (χ0) is 16.5. The molecule has 1 aromatic heterocycles. The van der Waals surface area contributed by atoms with Crippen LogP contribution in [0.1, 0.15) is 16.8 Å². The first-order valence-electron chi connectivity index (χ1n) is 8.33. The molecule has 2 heterocycles. The van der Waals surface area contributed by atoms with Crippen LogP contribution in [0.4, 0.5) is 0 Å². The number of hydrogen-bond donors (Lipinski definition) is 2. The summed E-state index contributed by atoms with van der Waals surface area (Å²) in [6.07, 6.45) is 2.86. The summed E-state index contributed by atoms with van der Waals surface area (Å²) in [5, 5.41) is 7.94. The molecule has 0 spiro atoms. The maximum absolute atomic E-state index is 5.39. The molecule has 6 nitrogen and oxygen atoms in total. The van der Waals surface area contributed by atoms with Crippen molar-refractivity contribution >= 4 is 17.3 Å². The lowest BCUT2D eigenvalue weighted by molar-refractivity contribution is 0.0320.